The van der Waals surface area contributed by atoms with Gasteiger partial charge in [0.25, 0.3) is 5.12 Å². The monoisotopic (exact) mass is 470 g/mol. The van der Waals surface area contributed by atoms with Gasteiger partial charge in [-0.1, -0.05) is 62.9 Å². The zero-order chi connectivity index (χ0) is 23.0. The molecule has 1 N–H and O–H groups in total. The summed E-state index contributed by atoms with van der Waals surface area (Å²) in [5.74, 6) is -0.518. The van der Waals surface area contributed by atoms with E-state index in [9.17, 15) is 9.90 Å². The van der Waals surface area contributed by atoms with Gasteiger partial charge >= 0.3 is 5.97 Å². The molecule has 2 aliphatic heterocycles. The van der Waals surface area contributed by atoms with Crippen LogP contribution in [-0.4, -0.2) is 61.8 Å². The van der Waals surface area contributed by atoms with Crippen molar-refractivity contribution in [2.24, 2.45) is 0 Å². The molecule has 2 heterocycles. The Hall–Kier alpha value is -0.943. The predicted octanol–water partition coefficient (Wildman–Crippen LogP) is 3.83. The van der Waals surface area contributed by atoms with Crippen LogP contribution in [0.5, 0.6) is 0 Å². The number of fused-ring (bicyclic) bond motifs is 1. The van der Waals surface area contributed by atoms with Gasteiger partial charge in [-0.05, 0) is 24.4 Å². The van der Waals surface area contributed by atoms with E-state index in [0.717, 1.165) is 17.3 Å². The average Bonchev–Trinajstić information content (AvgIpc) is 2.70. The van der Waals surface area contributed by atoms with Crippen molar-refractivity contribution in [2.45, 2.75) is 81.7 Å². The van der Waals surface area contributed by atoms with E-state index in [1.807, 2.05) is 30.3 Å². The Labute approximate surface area is 189 Å². The van der Waals surface area contributed by atoms with Crippen LogP contribution >= 0.6 is 11.8 Å². The van der Waals surface area contributed by atoms with Crippen molar-refractivity contribution in [3.63, 3.8) is 0 Å². The van der Waals surface area contributed by atoms with Crippen molar-refractivity contribution in [3.8, 4) is 0 Å². The second-order valence-corrected chi connectivity index (χ2v) is 15.3. The number of hydrogen-bond acceptors (Lipinski definition) is 8. The van der Waals surface area contributed by atoms with Crippen LogP contribution in [0, 0.1) is 0 Å². The molecular formula is C22H34O7SSi. The Balaban J connectivity index is 1.99. The second-order valence-electron chi connectivity index (χ2n) is 9.54. The molecule has 9 heteroatoms. The summed E-state index contributed by atoms with van der Waals surface area (Å²) in [6, 6.07) is 9.63. The van der Waals surface area contributed by atoms with Gasteiger partial charge in [-0.25, -0.2) is 0 Å². The van der Waals surface area contributed by atoms with Crippen LogP contribution in [0.25, 0.3) is 0 Å². The molecule has 6 atom stereocenters. The molecule has 1 unspecified atom stereocenters. The Bertz CT molecular complexity index is 769. The molecule has 0 spiro atoms. The first-order valence-electron chi connectivity index (χ1n) is 10.5. The zero-order valence-corrected chi connectivity index (χ0v) is 21.1. The maximum absolute atomic E-state index is 12.0. The van der Waals surface area contributed by atoms with Gasteiger partial charge in [0.05, 0.1) is 6.61 Å². The molecule has 7 nitrogen and oxygen atoms in total. The van der Waals surface area contributed by atoms with Crippen LogP contribution in [0.4, 0.5) is 0 Å². The summed E-state index contributed by atoms with van der Waals surface area (Å²) in [6.07, 6.45) is -1.81. The molecule has 3 rings (SSSR count). The smallest absolute Gasteiger partial charge is 0.303 e. The molecule has 2 aliphatic rings. The SMILES string of the molecule is CS[C@@]1(O)O[C@@H]2COC(c3ccccc3)O[C@H]2[C@H](O[Si](C)(C)C(C)(C)C)[C@H]1OC(C)=O. The maximum atomic E-state index is 12.0. The quantitative estimate of drug-likeness (QED) is 0.395. The van der Waals surface area contributed by atoms with Gasteiger partial charge in [0, 0.05) is 12.5 Å². The molecule has 1 aromatic rings. The number of carbonyl (C=O) groups excluding carboxylic acids is 1. The van der Waals surface area contributed by atoms with Crippen LogP contribution in [-0.2, 0) is 28.2 Å². The molecule has 31 heavy (non-hydrogen) atoms. The van der Waals surface area contributed by atoms with E-state index < -0.39 is 50.1 Å². The Morgan fingerprint density at radius 2 is 1.90 bits per heavy atom. The van der Waals surface area contributed by atoms with Gasteiger partial charge in [0.15, 0.2) is 20.7 Å². The summed E-state index contributed by atoms with van der Waals surface area (Å²) in [4.78, 5) is 12.0. The zero-order valence-electron chi connectivity index (χ0n) is 19.3. The van der Waals surface area contributed by atoms with Crippen LogP contribution < -0.4 is 0 Å². The molecule has 2 fully saturated rings. The highest BCUT2D eigenvalue weighted by atomic mass is 32.2. The first-order valence-corrected chi connectivity index (χ1v) is 14.6. The maximum Gasteiger partial charge on any atom is 0.303 e. The van der Waals surface area contributed by atoms with Gasteiger partial charge < -0.3 is 28.5 Å². The van der Waals surface area contributed by atoms with Crippen molar-refractivity contribution >= 4 is 26.0 Å². The van der Waals surface area contributed by atoms with Gasteiger partial charge in [-0.2, -0.15) is 0 Å². The van der Waals surface area contributed by atoms with Crippen LogP contribution in [0.2, 0.25) is 18.1 Å². The lowest BCUT2D eigenvalue weighted by atomic mass is 9.97. The molecule has 0 saturated carbocycles. The standard InChI is InChI=1S/C22H34O7SSi/c1-14(23)26-19-18(29-31(6,7)21(2,3)4)17-16(28-22(19,24)30-5)13-25-20(27-17)15-11-9-8-10-12-15/h8-12,16-20,24H,13H2,1-7H3/t16-,17-,18+,19-,20?,22+/m1/s1. The van der Waals surface area contributed by atoms with Gasteiger partial charge in [-0.15, -0.1) is 0 Å². The fourth-order valence-electron chi connectivity index (χ4n) is 3.52. The third-order valence-corrected chi connectivity index (χ3v) is 11.6. The Morgan fingerprint density at radius 1 is 1.26 bits per heavy atom. The number of hydrogen-bond donors (Lipinski definition) is 1. The number of aliphatic hydroxyl groups is 1. The molecule has 0 amide bonds. The van der Waals surface area contributed by atoms with Crippen molar-refractivity contribution in [2.75, 3.05) is 12.9 Å². The summed E-state index contributed by atoms with van der Waals surface area (Å²) in [7, 11) is -2.33. The number of thioether (sulfide) groups is 1. The first-order chi connectivity index (χ1) is 14.4. The highest BCUT2D eigenvalue weighted by molar-refractivity contribution is 7.99. The van der Waals surface area contributed by atoms with Crippen LogP contribution in [0.15, 0.2) is 30.3 Å². The lowest BCUT2D eigenvalue weighted by Gasteiger charge is -2.53. The lowest BCUT2D eigenvalue weighted by Crippen LogP contribution is -2.69. The summed E-state index contributed by atoms with van der Waals surface area (Å²) in [5.41, 5.74) is 0.877. The molecule has 0 aliphatic carbocycles. The third kappa shape index (κ3) is 5.18. The summed E-state index contributed by atoms with van der Waals surface area (Å²) in [5, 5.41) is 9.40. The number of benzene rings is 1. The fourth-order valence-corrected chi connectivity index (χ4v) is 5.44. The van der Waals surface area contributed by atoms with Crippen molar-refractivity contribution < 1.29 is 33.3 Å². The molecule has 174 valence electrons. The number of ether oxygens (including phenoxy) is 4. The molecule has 1 aromatic carbocycles. The summed E-state index contributed by atoms with van der Waals surface area (Å²) < 4.78 is 30.6. The first kappa shape index (κ1) is 24.7. The minimum atomic E-state index is -2.33. The van der Waals surface area contributed by atoms with Crippen molar-refractivity contribution in [1.29, 1.82) is 0 Å². The van der Waals surface area contributed by atoms with E-state index in [-0.39, 0.29) is 11.6 Å². The molecule has 0 bridgehead atoms. The Kier molecular flexibility index (Phi) is 7.27. The van der Waals surface area contributed by atoms with Crippen molar-refractivity contribution in [3.05, 3.63) is 35.9 Å². The Morgan fingerprint density at radius 3 is 2.45 bits per heavy atom. The van der Waals surface area contributed by atoms with E-state index in [1.54, 1.807) is 6.26 Å². The largest absolute Gasteiger partial charge is 0.453 e. The molecule has 0 radical (unpaired) electrons. The van der Waals surface area contributed by atoms with E-state index in [4.69, 9.17) is 23.4 Å². The third-order valence-electron chi connectivity index (χ3n) is 6.26. The summed E-state index contributed by atoms with van der Waals surface area (Å²) in [6.45, 7) is 12.2. The number of carbonyl (C=O) groups is 1. The van der Waals surface area contributed by atoms with E-state index in [1.165, 1.54) is 6.92 Å². The summed E-state index contributed by atoms with van der Waals surface area (Å²) >= 11 is 1.07. The van der Waals surface area contributed by atoms with E-state index in [0.29, 0.717) is 0 Å². The predicted molar refractivity (Wildman–Crippen MR) is 121 cm³/mol. The van der Waals surface area contributed by atoms with Gasteiger partial charge in [0.2, 0.25) is 0 Å². The second kappa shape index (κ2) is 9.13. The number of esters is 1. The van der Waals surface area contributed by atoms with Gasteiger partial charge in [-0.3, -0.25) is 4.79 Å². The highest BCUT2D eigenvalue weighted by Gasteiger charge is 2.60. The van der Waals surface area contributed by atoms with E-state index >= 15 is 0 Å². The topological polar surface area (TPSA) is 83.5 Å². The average molecular weight is 471 g/mol. The number of rotatable bonds is 5. The van der Waals surface area contributed by atoms with Gasteiger partial charge in [0.1, 0.15) is 18.3 Å². The highest BCUT2D eigenvalue weighted by Crippen LogP contribution is 2.46. The molecule has 2 saturated heterocycles. The van der Waals surface area contributed by atoms with E-state index in [2.05, 4.69) is 33.9 Å². The minimum Gasteiger partial charge on any atom is -0.453 e. The minimum absolute atomic E-state index is 0.0942. The molecular weight excluding hydrogens is 436 g/mol. The fraction of sp³-hybridized carbons (Fsp3) is 0.682. The van der Waals surface area contributed by atoms with Crippen molar-refractivity contribution in [1.82, 2.24) is 0 Å². The van der Waals surface area contributed by atoms with Crippen LogP contribution in [0.1, 0.15) is 39.5 Å². The van der Waals surface area contributed by atoms with Crippen LogP contribution in [0.3, 0.4) is 0 Å². The lowest BCUT2D eigenvalue weighted by molar-refractivity contribution is -0.363. The normalized spacial score (nSPS) is 34.1. The molecule has 0 aromatic heterocycles.